The highest BCUT2D eigenvalue weighted by Gasteiger charge is 2.37. The third-order valence-electron chi connectivity index (χ3n) is 5.58. The van der Waals surface area contributed by atoms with Crippen molar-refractivity contribution >= 4 is 23.7 Å². The van der Waals surface area contributed by atoms with Gasteiger partial charge in [0.1, 0.15) is 5.82 Å². The Labute approximate surface area is 171 Å². The number of rotatable bonds is 5. The van der Waals surface area contributed by atoms with Crippen LogP contribution in [0.15, 0.2) is 24.3 Å². The molecule has 0 radical (unpaired) electrons. The molecule has 1 aromatic rings. The molecule has 3 rings (SSSR count). The highest BCUT2D eigenvalue weighted by Crippen LogP contribution is 2.34. The zero-order valence-corrected chi connectivity index (χ0v) is 17.3. The largest absolute Gasteiger partial charge is 0.341 e. The van der Waals surface area contributed by atoms with Gasteiger partial charge in [-0.1, -0.05) is 25.5 Å². The Morgan fingerprint density at radius 1 is 1.18 bits per heavy atom. The van der Waals surface area contributed by atoms with Gasteiger partial charge < -0.3 is 15.1 Å². The van der Waals surface area contributed by atoms with Crippen LogP contribution >= 0.6 is 11.8 Å². The van der Waals surface area contributed by atoms with Gasteiger partial charge in [0.05, 0.1) is 12.0 Å². The first kappa shape index (κ1) is 21.0. The van der Waals surface area contributed by atoms with Crippen molar-refractivity contribution in [2.24, 2.45) is 5.92 Å². The van der Waals surface area contributed by atoms with Crippen LogP contribution < -0.4 is 5.32 Å². The molecule has 5 nitrogen and oxygen atoms in total. The predicted molar refractivity (Wildman–Crippen MR) is 111 cm³/mol. The van der Waals surface area contributed by atoms with E-state index < -0.39 is 0 Å². The summed E-state index contributed by atoms with van der Waals surface area (Å²) in [6, 6.07) is 6.11. The quantitative estimate of drug-likeness (QED) is 0.758. The van der Waals surface area contributed by atoms with Crippen LogP contribution in [0.2, 0.25) is 0 Å². The Morgan fingerprint density at radius 2 is 1.89 bits per heavy atom. The van der Waals surface area contributed by atoms with Crippen LogP contribution in [0.1, 0.15) is 44.2 Å². The second kappa shape index (κ2) is 10.1. The number of urea groups is 1. The molecule has 2 fully saturated rings. The third kappa shape index (κ3) is 5.19. The summed E-state index contributed by atoms with van der Waals surface area (Å²) in [5, 5.41) is 2.99. The summed E-state index contributed by atoms with van der Waals surface area (Å²) in [5.74, 6) is 1.70. The summed E-state index contributed by atoms with van der Waals surface area (Å²) in [7, 11) is 0. The number of benzene rings is 1. The molecule has 0 aliphatic carbocycles. The molecule has 154 valence electrons. The van der Waals surface area contributed by atoms with Gasteiger partial charge in [-0.2, -0.15) is 11.8 Å². The third-order valence-corrected chi connectivity index (χ3v) is 6.52. The van der Waals surface area contributed by atoms with Crippen LogP contribution in [0.3, 0.4) is 0 Å². The first-order valence-electron chi connectivity index (χ1n) is 10.3. The van der Waals surface area contributed by atoms with E-state index in [0.29, 0.717) is 19.5 Å². The lowest BCUT2D eigenvalue weighted by Gasteiger charge is -2.41. The number of thioether (sulfide) groups is 1. The van der Waals surface area contributed by atoms with Crippen molar-refractivity contribution < 1.29 is 14.0 Å². The SMILES string of the molecule is CCCCNC(=O)N1CC(C(=O)N2CCSCC2)CCC1c1ccc(F)cc1. The zero-order valence-electron chi connectivity index (χ0n) is 16.5. The average molecular weight is 408 g/mol. The Kier molecular flexibility index (Phi) is 7.59. The Hall–Kier alpha value is -1.76. The van der Waals surface area contributed by atoms with E-state index in [1.165, 1.54) is 12.1 Å². The van der Waals surface area contributed by atoms with E-state index >= 15 is 0 Å². The molecule has 0 spiro atoms. The molecule has 0 saturated carbocycles. The zero-order chi connectivity index (χ0) is 19.9. The van der Waals surface area contributed by atoms with Gasteiger partial charge in [0.25, 0.3) is 0 Å². The topological polar surface area (TPSA) is 52.7 Å². The Bertz CT molecular complexity index is 664. The molecule has 2 aliphatic rings. The number of hydrogen-bond acceptors (Lipinski definition) is 3. The van der Waals surface area contributed by atoms with E-state index in [-0.39, 0.29) is 29.7 Å². The van der Waals surface area contributed by atoms with Gasteiger partial charge in [-0.15, -0.1) is 0 Å². The summed E-state index contributed by atoms with van der Waals surface area (Å²) < 4.78 is 13.3. The molecule has 28 heavy (non-hydrogen) atoms. The number of carbonyl (C=O) groups is 2. The van der Waals surface area contributed by atoms with E-state index in [1.54, 1.807) is 17.0 Å². The highest BCUT2D eigenvalue weighted by atomic mass is 32.2. The monoisotopic (exact) mass is 407 g/mol. The van der Waals surface area contributed by atoms with Crippen molar-refractivity contribution in [3.8, 4) is 0 Å². The first-order chi connectivity index (χ1) is 13.6. The fourth-order valence-electron chi connectivity index (χ4n) is 3.94. The van der Waals surface area contributed by atoms with Crippen LogP contribution in [0, 0.1) is 11.7 Å². The summed E-state index contributed by atoms with van der Waals surface area (Å²) in [6.07, 6.45) is 3.40. The number of halogens is 1. The molecule has 2 atom stereocenters. The maximum atomic E-state index is 13.3. The molecule has 7 heteroatoms. The van der Waals surface area contributed by atoms with Crippen LogP contribution in [0.25, 0.3) is 0 Å². The lowest BCUT2D eigenvalue weighted by Crippen LogP contribution is -2.52. The molecule has 1 aromatic carbocycles. The summed E-state index contributed by atoms with van der Waals surface area (Å²) in [4.78, 5) is 29.6. The number of carbonyl (C=O) groups excluding carboxylic acids is 2. The predicted octanol–water partition coefficient (Wildman–Crippen LogP) is 3.66. The van der Waals surface area contributed by atoms with Gasteiger partial charge >= 0.3 is 6.03 Å². The molecule has 1 N–H and O–H groups in total. The van der Waals surface area contributed by atoms with Crippen molar-refractivity contribution in [2.75, 3.05) is 37.7 Å². The molecule has 3 amide bonds. The van der Waals surface area contributed by atoms with E-state index in [9.17, 15) is 14.0 Å². The van der Waals surface area contributed by atoms with Crippen molar-refractivity contribution in [3.63, 3.8) is 0 Å². The first-order valence-corrected chi connectivity index (χ1v) is 11.4. The van der Waals surface area contributed by atoms with Gasteiger partial charge in [-0.25, -0.2) is 9.18 Å². The Morgan fingerprint density at radius 3 is 2.57 bits per heavy atom. The van der Waals surface area contributed by atoms with Crippen LogP contribution in [0.5, 0.6) is 0 Å². The second-order valence-corrected chi connectivity index (χ2v) is 8.74. The molecular weight excluding hydrogens is 377 g/mol. The lowest BCUT2D eigenvalue weighted by atomic mass is 9.88. The van der Waals surface area contributed by atoms with E-state index in [4.69, 9.17) is 0 Å². The summed E-state index contributed by atoms with van der Waals surface area (Å²) in [5.41, 5.74) is 0.923. The molecule has 2 heterocycles. The smallest absolute Gasteiger partial charge is 0.317 e. The molecule has 0 bridgehead atoms. The average Bonchev–Trinajstić information content (AvgIpc) is 2.74. The number of nitrogens with zero attached hydrogens (tertiary/aromatic N) is 2. The number of hydrogen-bond donors (Lipinski definition) is 1. The van der Waals surface area contributed by atoms with Gasteiger partial charge in [0.15, 0.2) is 0 Å². The molecule has 2 unspecified atom stereocenters. The van der Waals surface area contributed by atoms with Crippen LogP contribution in [0.4, 0.5) is 9.18 Å². The van der Waals surface area contributed by atoms with Crippen molar-refractivity contribution in [1.82, 2.24) is 15.1 Å². The molecule has 0 aromatic heterocycles. The fourth-order valence-corrected chi connectivity index (χ4v) is 4.85. The van der Waals surface area contributed by atoms with Crippen LogP contribution in [-0.2, 0) is 4.79 Å². The minimum Gasteiger partial charge on any atom is -0.341 e. The van der Waals surface area contributed by atoms with Crippen molar-refractivity contribution in [1.29, 1.82) is 0 Å². The number of unbranched alkanes of at least 4 members (excludes halogenated alkanes) is 1. The fraction of sp³-hybridized carbons (Fsp3) is 0.619. The van der Waals surface area contributed by atoms with Crippen molar-refractivity contribution in [3.05, 3.63) is 35.6 Å². The second-order valence-electron chi connectivity index (χ2n) is 7.52. The van der Waals surface area contributed by atoms with E-state index in [2.05, 4.69) is 12.2 Å². The van der Waals surface area contributed by atoms with Gasteiger partial charge in [-0.3, -0.25) is 4.79 Å². The molecule has 2 aliphatic heterocycles. The summed E-state index contributed by atoms with van der Waals surface area (Å²) >= 11 is 1.88. The minimum absolute atomic E-state index is 0.122. The van der Waals surface area contributed by atoms with Gasteiger partial charge in [0.2, 0.25) is 5.91 Å². The van der Waals surface area contributed by atoms with E-state index in [1.807, 2.05) is 16.7 Å². The minimum atomic E-state index is -0.283. The summed E-state index contributed by atoms with van der Waals surface area (Å²) in [6.45, 7) is 4.72. The maximum Gasteiger partial charge on any atom is 0.317 e. The standard InChI is InChI=1S/C21H30FN3O2S/c1-2-3-10-23-21(27)25-15-17(20(26)24-11-13-28-14-12-24)6-9-19(25)16-4-7-18(22)8-5-16/h4-5,7-8,17,19H,2-3,6,9-15H2,1H3,(H,23,27). The van der Waals surface area contributed by atoms with Gasteiger partial charge in [-0.05, 0) is 37.0 Å². The molecular formula is C21H30FN3O2S. The van der Waals surface area contributed by atoms with Crippen molar-refractivity contribution in [2.45, 2.75) is 38.6 Å². The molecule has 2 saturated heterocycles. The number of nitrogens with one attached hydrogen (secondary N) is 1. The highest BCUT2D eigenvalue weighted by molar-refractivity contribution is 7.99. The number of likely N-dealkylation sites (tertiary alicyclic amines) is 1. The Balaban J connectivity index is 1.73. The van der Waals surface area contributed by atoms with Crippen LogP contribution in [-0.4, -0.2) is 59.4 Å². The number of piperidine rings is 1. The normalized spacial score (nSPS) is 22.8. The number of amides is 3. The van der Waals surface area contributed by atoms with Gasteiger partial charge in [0, 0.05) is 37.7 Å². The maximum absolute atomic E-state index is 13.3. The lowest BCUT2D eigenvalue weighted by molar-refractivity contribution is -0.137. The van der Waals surface area contributed by atoms with E-state index in [0.717, 1.165) is 49.4 Å².